The molecule has 1 saturated heterocycles. The number of nitrogens with zero attached hydrogens (tertiary/aromatic N) is 3. The van der Waals surface area contributed by atoms with Gasteiger partial charge in [-0.1, -0.05) is 129 Å². The number of primary amides is 1. The van der Waals surface area contributed by atoms with Crippen LogP contribution in [0.2, 0.25) is 0 Å². The summed E-state index contributed by atoms with van der Waals surface area (Å²) < 4.78 is 28.0. The Kier molecular flexibility index (Phi) is 28.7. The Morgan fingerprint density at radius 2 is 1.30 bits per heavy atom. The molecule has 0 aromatic heterocycles. The average molecular weight is 1280 g/mol. The zero-order valence-corrected chi connectivity index (χ0v) is 55.8. The highest BCUT2D eigenvalue weighted by Gasteiger charge is 2.44. The van der Waals surface area contributed by atoms with Crippen molar-refractivity contribution >= 4 is 65.3 Å². The number of benzene rings is 3. The van der Waals surface area contributed by atoms with E-state index in [1.54, 1.807) is 84.7 Å². The third-order valence-electron chi connectivity index (χ3n) is 17.5. The zero-order valence-electron chi connectivity index (χ0n) is 55.8. The smallest absolute Gasteiger partial charge is 0.410 e. The van der Waals surface area contributed by atoms with Crippen molar-refractivity contribution in [2.45, 2.75) is 162 Å². The number of urea groups is 1. The first-order valence-electron chi connectivity index (χ1n) is 31.7. The van der Waals surface area contributed by atoms with Crippen LogP contribution in [0.5, 0.6) is 0 Å². The molecule has 2 unspecified atom stereocenters. The van der Waals surface area contributed by atoms with Gasteiger partial charge in [0.25, 0.3) is 0 Å². The number of nitrogens with one attached hydrogen (secondary N) is 6. The number of amides is 10. The molecule has 3 aromatic rings. The molecule has 1 fully saturated rings. The van der Waals surface area contributed by atoms with Crippen LogP contribution in [0.4, 0.5) is 20.1 Å². The first-order valence-corrected chi connectivity index (χ1v) is 31.7. The molecule has 0 radical (unpaired) electrons. The average Bonchev–Trinajstić information content (AvgIpc) is 1.61. The molecule has 506 valence electrons. The molecule has 3 aromatic carbocycles. The summed E-state index contributed by atoms with van der Waals surface area (Å²) in [5.74, 6) is -5.90. The van der Waals surface area contributed by atoms with Gasteiger partial charge in [0.2, 0.25) is 35.4 Å². The molecule has 0 spiro atoms. The van der Waals surface area contributed by atoms with Gasteiger partial charge in [0.15, 0.2) is 0 Å². The number of carbonyl (C=O) groups is 10. The predicted octanol–water partition coefficient (Wildman–Crippen LogP) is 6.07. The molecular formula is C67H98N10O15. The third-order valence-corrected chi connectivity index (χ3v) is 17.5. The van der Waals surface area contributed by atoms with E-state index in [0.29, 0.717) is 37.1 Å². The summed E-state index contributed by atoms with van der Waals surface area (Å²) in [5.41, 5.74) is 10.3. The highest BCUT2D eigenvalue weighted by atomic mass is 16.6. The molecule has 1 aliphatic carbocycles. The van der Waals surface area contributed by atoms with E-state index in [-0.39, 0.29) is 63.3 Å². The number of likely N-dealkylation sites (tertiary alicyclic amines) is 1. The van der Waals surface area contributed by atoms with E-state index >= 15 is 0 Å². The minimum Gasteiger partial charge on any atom is -0.468 e. The summed E-state index contributed by atoms with van der Waals surface area (Å²) in [6.07, 6.45) is -0.993. The Bertz CT molecular complexity index is 2970. The number of methoxy groups -OCH3 is 3. The fraction of sp³-hybridized carbons (Fsp3) is 0.582. The summed E-state index contributed by atoms with van der Waals surface area (Å²) in [5, 5.41) is 16.3. The highest BCUT2D eigenvalue weighted by molar-refractivity contribution is 5.98. The number of ether oxygens (including phenoxy) is 5. The molecule has 10 atom stereocenters. The first-order chi connectivity index (χ1) is 43.7. The fourth-order valence-corrected chi connectivity index (χ4v) is 12.2. The molecule has 25 nitrogen and oxygen atoms in total. The van der Waals surface area contributed by atoms with E-state index in [4.69, 9.17) is 24.7 Å². The Morgan fingerprint density at radius 1 is 0.685 bits per heavy atom. The number of fused-ring (bicyclic) bond motifs is 3. The van der Waals surface area contributed by atoms with Crippen molar-refractivity contribution in [3.8, 4) is 11.1 Å². The van der Waals surface area contributed by atoms with Crippen LogP contribution in [0.25, 0.3) is 11.1 Å². The third kappa shape index (κ3) is 19.8. The standard InChI is InChI=1S/C67H98N10O15/c1-15-41(8)58(52(88-12)34-53(78)77-33-21-27-51(77)59(90-14)42(9)60(80)70-35-54(79)89-13)75(10)64(84)56(39(4)5)73-63(83)57(40(6)7)76(11)67(87)92-36-43-28-30-44(31-29-43)71-61(81)50(26-20-32-69-65(68)85)72-62(82)55(38(2)3)74-66(86)91-37-49-47-24-18-16-22-45(47)46-23-17-19-25-48(46)49/h16-19,22-25,28-31,38-42,49-52,55-59H,15,20-21,26-27,32-37H2,1-14H3,(H,70,80)(H,71,81)(H,72,82)(H,73,83)(H,74,86)(H3,68,69,85)/t41?,42-,50?,51+,52-,55+,56+,57+,58+,59-/m1/s1. The summed E-state index contributed by atoms with van der Waals surface area (Å²) >= 11 is 0. The van der Waals surface area contributed by atoms with Gasteiger partial charge in [0.1, 0.15) is 43.9 Å². The lowest BCUT2D eigenvalue weighted by Gasteiger charge is -2.41. The molecule has 0 saturated carbocycles. The van der Waals surface area contributed by atoms with Gasteiger partial charge < -0.3 is 71.1 Å². The second kappa shape index (κ2) is 35.5. The Labute approximate surface area is 541 Å². The van der Waals surface area contributed by atoms with E-state index in [0.717, 1.165) is 22.3 Å². The van der Waals surface area contributed by atoms with E-state index in [2.05, 4.69) is 36.6 Å². The normalized spacial score (nSPS) is 16.4. The van der Waals surface area contributed by atoms with Gasteiger partial charge >= 0.3 is 24.2 Å². The van der Waals surface area contributed by atoms with Crippen LogP contribution in [-0.4, -0.2) is 184 Å². The summed E-state index contributed by atoms with van der Waals surface area (Å²) in [6.45, 7) is 16.3. The second-order valence-electron chi connectivity index (χ2n) is 24.8. The number of rotatable bonds is 33. The number of anilines is 1. The van der Waals surface area contributed by atoms with Crippen LogP contribution in [0.1, 0.15) is 123 Å². The van der Waals surface area contributed by atoms with Crippen molar-refractivity contribution < 1.29 is 71.6 Å². The van der Waals surface area contributed by atoms with E-state index in [1.807, 2.05) is 62.4 Å². The molecule has 1 aliphatic heterocycles. The van der Waals surface area contributed by atoms with Crippen molar-refractivity contribution in [2.24, 2.45) is 35.3 Å². The number of likely N-dealkylation sites (N-methyl/N-ethyl adjacent to an activating group) is 2. The zero-order chi connectivity index (χ0) is 68.1. The van der Waals surface area contributed by atoms with Crippen LogP contribution in [-0.2, 0) is 63.9 Å². The van der Waals surface area contributed by atoms with Gasteiger partial charge in [-0.15, -0.1) is 0 Å². The summed E-state index contributed by atoms with van der Waals surface area (Å²) in [7, 11) is 7.25. The van der Waals surface area contributed by atoms with Crippen LogP contribution < -0.4 is 37.6 Å². The first kappa shape index (κ1) is 74.4. The van der Waals surface area contributed by atoms with E-state index < -0.39 is 126 Å². The van der Waals surface area contributed by atoms with Gasteiger partial charge in [-0.05, 0) is 89.3 Å². The fourth-order valence-electron chi connectivity index (χ4n) is 12.2. The Hall–Kier alpha value is -8.32. The maximum absolute atomic E-state index is 14.7. The van der Waals surface area contributed by atoms with E-state index in [9.17, 15) is 47.9 Å². The van der Waals surface area contributed by atoms with Gasteiger partial charge in [0, 0.05) is 53.0 Å². The number of carbonyl (C=O) groups excluding carboxylic acids is 10. The van der Waals surface area contributed by atoms with E-state index in [1.165, 1.54) is 38.2 Å². The van der Waals surface area contributed by atoms with Crippen molar-refractivity contribution in [3.05, 3.63) is 89.5 Å². The topological polar surface area (TPSA) is 325 Å². The second-order valence-corrected chi connectivity index (χ2v) is 24.8. The van der Waals surface area contributed by atoms with Gasteiger partial charge in [-0.25, -0.2) is 14.4 Å². The molecule has 0 bridgehead atoms. The maximum Gasteiger partial charge on any atom is 0.410 e. The van der Waals surface area contributed by atoms with Crippen molar-refractivity contribution in [1.29, 1.82) is 0 Å². The van der Waals surface area contributed by atoms with Crippen LogP contribution >= 0.6 is 0 Å². The maximum atomic E-state index is 14.7. The predicted molar refractivity (Wildman–Crippen MR) is 345 cm³/mol. The molecule has 8 N–H and O–H groups in total. The molecule has 10 amide bonds. The van der Waals surface area contributed by atoms with Crippen LogP contribution in [0.15, 0.2) is 72.8 Å². The van der Waals surface area contributed by atoms with Gasteiger partial charge in [-0.3, -0.25) is 38.5 Å². The number of esters is 1. The number of hydrogen-bond acceptors (Lipinski definition) is 15. The summed E-state index contributed by atoms with van der Waals surface area (Å²) in [4.78, 5) is 139. The lowest BCUT2D eigenvalue weighted by molar-refractivity contribution is -0.148. The number of hydrogen-bond donors (Lipinski definition) is 7. The van der Waals surface area contributed by atoms with Gasteiger partial charge in [0.05, 0.1) is 43.7 Å². The number of nitrogens with two attached hydrogens (primary N) is 1. The minimum absolute atomic E-state index is 0.0312. The molecule has 2 aliphatic rings. The SMILES string of the molecule is CCC(C)[C@@H]([C@@H](CC(=O)N1CCC[C@H]1[C@H](OC)[C@@H](C)C(=O)NCC(=O)OC)OC)N(C)C(=O)[C@@H](NC(=O)[C@H](C(C)C)N(C)C(=O)OCc1ccc(NC(=O)C(CCCNC(N)=O)NC(=O)[C@@H](NC(=O)OCC2c3ccccc3-c3ccccc32)C(C)C)cc1)C(C)C. The Morgan fingerprint density at radius 3 is 1.86 bits per heavy atom. The lowest BCUT2D eigenvalue weighted by Crippen LogP contribution is -2.60. The summed E-state index contributed by atoms with van der Waals surface area (Å²) in [6, 6.07) is 16.1. The molecular weight excluding hydrogens is 1180 g/mol. The van der Waals surface area contributed by atoms with Crippen molar-refractivity contribution in [3.63, 3.8) is 0 Å². The highest BCUT2D eigenvalue weighted by Crippen LogP contribution is 2.44. The molecule has 92 heavy (non-hydrogen) atoms. The van der Waals surface area contributed by atoms with Crippen molar-refractivity contribution in [2.75, 3.05) is 67.0 Å². The van der Waals surface area contributed by atoms with Gasteiger partial charge in [-0.2, -0.15) is 0 Å². The molecule has 5 rings (SSSR count). The lowest BCUT2D eigenvalue weighted by atomic mass is 9.89. The number of alkyl carbamates (subject to hydrolysis) is 1. The van der Waals surface area contributed by atoms with Crippen LogP contribution in [0, 0.1) is 29.6 Å². The Balaban J connectivity index is 1.19. The quantitative estimate of drug-likeness (QED) is 0.0207. The minimum atomic E-state index is -1.13. The molecule has 25 heteroatoms. The largest absolute Gasteiger partial charge is 0.468 e. The monoisotopic (exact) mass is 1280 g/mol. The van der Waals surface area contributed by atoms with Crippen LogP contribution in [0.3, 0.4) is 0 Å². The van der Waals surface area contributed by atoms with Crippen molar-refractivity contribution in [1.82, 2.24) is 41.3 Å². The molecule has 1 heterocycles.